The van der Waals surface area contributed by atoms with Crippen LogP contribution in [-0.2, 0) is 9.53 Å². The Labute approximate surface area is 126 Å². The minimum Gasteiger partial charge on any atom is -0.370 e. The standard InChI is InChI=1S/C13H15Cl2FN2O2/c1-17-6-13(19)18-2-3-20-12(7-18)8-4-11(16)10(15)5-9(8)14/h4-5,12,17H,2-3,6-7H2,1H3. The van der Waals surface area contributed by atoms with E-state index in [9.17, 15) is 9.18 Å². The number of amides is 1. The van der Waals surface area contributed by atoms with E-state index in [1.54, 1.807) is 11.9 Å². The van der Waals surface area contributed by atoms with Crippen LogP contribution in [0.15, 0.2) is 12.1 Å². The molecule has 20 heavy (non-hydrogen) atoms. The lowest BCUT2D eigenvalue weighted by Crippen LogP contribution is -2.45. The zero-order valence-electron chi connectivity index (χ0n) is 11.0. The molecular weight excluding hydrogens is 306 g/mol. The highest BCUT2D eigenvalue weighted by Gasteiger charge is 2.27. The lowest BCUT2D eigenvalue weighted by molar-refractivity contribution is -0.137. The zero-order chi connectivity index (χ0) is 14.7. The van der Waals surface area contributed by atoms with Crippen LogP contribution in [0.3, 0.4) is 0 Å². The van der Waals surface area contributed by atoms with Gasteiger partial charge in [0.25, 0.3) is 0 Å². The number of carbonyl (C=O) groups excluding carboxylic acids is 1. The summed E-state index contributed by atoms with van der Waals surface area (Å²) in [6, 6.07) is 2.62. The molecule has 1 heterocycles. The molecule has 0 aromatic heterocycles. The Hall–Kier alpha value is -0.880. The first kappa shape index (κ1) is 15.5. The molecule has 1 aromatic rings. The predicted octanol–water partition coefficient (Wildman–Crippen LogP) is 2.25. The molecule has 1 unspecified atom stereocenters. The lowest BCUT2D eigenvalue weighted by atomic mass is 10.1. The summed E-state index contributed by atoms with van der Waals surface area (Å²) in [7, 11) is 1.71. The third-order valence-corrected chi connectivity index (χ3v) is 3.75. The number of morpholine rings is 1. The van der Waals surface area contributed by atoms with Crippen LogP contribution < -0.4 is 5.32 Å². The maximum Gasteiger partial charge on any atom is 0.236 e. The van der Waals surface area contributed by atoms with Gasteiger partial charge in [0.05, 0.1) is 24.7 Å². The van der Waals surface area contributed by atoms with E-state index in [1.807, 2.05) is 0 Å². The second-order valence-electron chi connectivity index (χ2n) is 4.52. The molecule has 1 amide bonds. The van der Waals surface area contributed by atoms with E-state index in [1.165, 1.54) is 12.1 Å². The van der Waals surface area contributed by atoms with Crippen LogP contribution in [0.4, 0.5) is 4.39 Å². The SMILES string of the molecule is CNCC(=O)N1CCOC(c2cc(F)c(Cl)cc2Cl)C1. The number of likely N-dealkylation sites (N-methyl/N-ethyl adjacent to an activating group) is 1. The Morgan fingerprint density at radius 1 is 1.50 bits per heavy atom. The van der Waals surface area contributed by atoms with Gasteiger partial charge >= 0.3 is 0 Å². The first-order valence-electron chi connectivity index (χ1n) is 6.21. The van der Waals surface area contributed by atoms with Crippen LogP contribution in [0.25, 0.3) is 0 Å². The average Bonchev–Trinajstić information content (AvgIpc) is 2.43. The van der Waals surface area contributed by atoms with Gasteiger partial charge in [0.15, 0.2) is 0 Å². The van der Waals surface area contributed by atoms with E-state index >= 15 is 0 Å². The highest BCUT2D eigenvalue weighted by atomic mass is 35.5. The Bertz CT molecular complexity index is 513. The van der Waals surface area contributed by atoms with Gasteiger partial charge in [-0.3, -0.25) is 4.79 Å². The van der Waals surface area contributed by atoms with E-state index in [2.05, 4.69) is 5.32 Å². The number of carbonyl (C=O) groups is 1. The second-order valence-corrected chi connectivity index (χ2v) is 5.33. The van der Waals surface area contributed by atoms with Gasteiger partial charge in [-0.1, -0.05) is 23.2 Å². The smallest absolute Gasteiger partial charge is 0.236 e. The summed E-state index contributed by atoms with van der Waals surface area (Å²) in [5.74, 6) is -0.570. The Kier molecular flexibility index (Phi) is 5.21. The summed E-state index contributed by atoms with van der Waals surface area (Å²) in [6.45, 7) is 1.52. The van der Waals surface area contributed by atoms with Crippen LogP contribution in [-0.4, -0.2) is 44.1 Å². The van der Waals surface area contributed by atoms with Crippen molar-refractivity contribution < 1.29 is 13.9 Å². The first-order valence-corrected chi connectivity index (χ1v) is 6.97. The third kappa shape index (κ3) is 3.41. The monoisotopic (exact) mass is 320 g/mol. The number of hydrogen-bond acceptors (Lipinski definition) is 3. The molecule has 2 rings (SSSR count). The van der Waals surface area contributed by atoms with Crippen molar-refractivity contribution in [3.8, 4) is 0 Å². The molecule has 1 aliphatic rings. The van der Waals surface area contributed by atoms with Gasteiger partial charge in [-0.25, -0.2) is 4.39 Å². The molecule has 110 valence electrons. The molecule has 0 bridgehead atoms. The first-order chi connectivity index (χ1) is 9.52. The molecule has 1 fully saturated rings. The maximum absolute atomic E-state index is 13.6. The summed E-state index contributed by atoms with van der Waals surface area (Å²) in [6.07, 6.45) is -0.441. The summed E-state index contributed by atoms with van der Waals surface area (Å²) < 4.78 is 19.1. The van der Waals surface area contributed by atoms with Gasteiger partial charge in [-0.2, -0.15) is 0 Å². The summed E-state index contributed by atoms with van der Waals surface area (Å²) >= 11 is 11.7. The Morgan fingerprint density at radius 2 is 2.25 bits per heavy atom. The summed E-state index contributed by atoms with van der Waals surface area (Å²) in [5.41, 5.74) is 0.510. The van der Waals surface area contributed by atoms with Crippen molar-refractivity contribution in [2.75, 3.05) is 33.3 Å². The molecular formula is C13H15Cl2FN2O2. The molecule has 0 aliphatic carbocycles. The fraction of sp³-hybridized carbons (Fsp3) is 0.462. The van der Waals surface area contributed by atoms with Gasteiger partial charge in [-0.05, 0) is 19.2 Å². The molecule has 1 atom stereocenters. The van der Waals surface area contributed by atoms with Crippen molar-refractivity contribution >= 4 is 29.1 Å². The highest BCUT2D eigenvalue weighted by Crippen LogP contribution is 2.32. The van der Waals surface area contributed by atoms with E-state index in [0.717, 1.165) is 0 Å². The van der Waals surface area contributed by atoms with E-state index in [4.69, 9.17) is 27.9 Å². The van der Waals surface area contributed by atoms with Gasteiger partial charge in [0, 0.05) is 17.1 Å². The summed E-state index contributed by atoms with van der Waals surface area (Å²) in [5, 5.41) is 3.12. The van der Waals surface area contributed by atoms with Crippen LogP contribution in [0.5, 0.6) is 0 Å². The number of hydrogen-bond donors (Lipinski definition) is 1. The van der Waals surface area contributed by atoms with E-state index in [-0.39, 0.29) is 17.5 Å². The number of nitrogens with one attached hydrogen (secondary N) is 1. The molecule has 1 aromatic carbocycles. The maximum atomic E-state index is 13.6. The Balaban J connectivity index is 2.17. The van der Waals surface area contributed by atoms with Gasteiger partial charge in [-0.15, -0.1) is 0 Å². The van der Waals surface area contributed by atoms with Crippen molar-refractivity contribution in [2.45, 2.75) is 6.10 Å². The van der Waals surface area contributed by atoms with Crippen LogP contribution >= 0.6 is 23.2 Å². The largest absolute Gasteiger partial charge is 0.370 e. The van der Waals surface area contributed by atoms with E-state index < -0.39 is 11.9 Å². The van der Waals surface area contributed by atoms with Crippen molar-refractivity contribution in [2.24, 2.45) is 0 Å². The van der Waals surface area contributed by atoms with Gasteiger partial charge < -0.3 is 15.0 Å². The third-order valence-electron chi connectivity index (χ3n) is 3.13. The fourth-order valence-corrected chi connectivity index (χ4v) is 2.62. The lowest BCUT2D eigenvalue weighted by Gasteiger charge is -2.33. The number of nitrogens with zero attached hydrogens (tertiary/aromatic N) is 1. The van der Waals surface area contributed by atoms with Gasteiger partial charge in [0.2, 0.25) is 5.91 Å². The molecule has 0 spiro atoms. The minimum absolute atomic E-state index is 0.0219. The second kappa shape index (κ2) is 6.72. The van der Waals surface area contributed by atoms with Crippen molar-refractivity contribution in [3.05, 3.63) is 33.6 Å². The molecule has 4 nitrogen and oxygen atoms in total. The number of rotatable bonds is 3. The average molecular weight is 321 g/mol. The van der Waals surface area contributed by atoms with Gasteiger partial charge in [0.1, 0.15) is 11.9 Å². The summed E-state index contributed by atoms with van der Waals surface area (Å²) in [4.78, 5) is 13.5. The molecule has 7 heteroatoms. The van der Waals surface area contributed by atoms with Crippen molar-refractivity contribution in [3.63, 3.8) is 0 Å². The van der Waals surface area contributed by atoms with Crippen molar-refractivity contribution in [1.82, 2.24) is 10.2 Å². The predicted molar refractivity (Wildman–Crippen MR) is 75.6 cm³/mol. The number of benzene rings is 1. The molecule has 0 radical (unpaired) electrons. The quantitative estimate of drug-likeness (QED) is 0.868. The topological polar surface area (TPSA) is 41.6 Å². The number of halogens is 3. The zero-order valence-corrected chi connectivity index (χ0v) is 12.5. The normalized spacial score (nSPS) is 19.2. The number of ether oxygens (including phenoxy) is 1. The van der Waals surface area contributed by atoms with Crippen molar-refractivity contribution in [1.29, 1.82) is 0 Å². The highest BCUT2D eigenvalue weighted by molar-refractivity contribution is 6.35. The minimum atomic E-state index is -0.548. The molecule has 1 saturated heterocycles. The molecule has 0 saturated carbocycles. The van der Waals surface area contributed by atoms with Crippen LogP contribution in [0.1, 0.15) is 11.7 Å². The Morgan fingerprint density at radius 3 is 2.95 bits per heavy atom. The van der Waals surface area contributed by atoms with Crippen LogP contribution in [0.2, 0.25) is 10.0 Å². The van der Waals surface area contributed by atoms with E-state index in [0.29, 0.717) is 30.3 Å². The van der Waals surface area contributed by atoms with Crippen LogP contribution in [0, 0.1) is 5.82 Å². The molecule has 1 aliphatic heterocycles. The fourth-order valence-electron chi connectivity index (χ4n) is 2.11. The molecule has 1 N–H and O–H groups in total.